The molecule has 0 bridgehead atoms. The standard InChI is InChI=1S/C15H18FN3O/c16-11-1-2-14-12(9-11)13(10-18-14)15(20)3-6-19-7-4-17-5-8-19/h1-2,9-10,17-18H,3-8H2. The molecule has 0 amide bonds. The molecule has 2 N–H and O–H groups in total. The minimum atomic E-state index is -0.312. The smallest absolute Gasteiger partial charge is 0.166 e. The summed E-state index contributed by atoms with van der Waals surface area (Å²) in [4.78, 5) is 17.6. The molecular formula is C15H18FN3O. The van der Waals surface area contributed by atoms with Crippen LogP contribution in [0.25, 0.3) is 10.9 Å². The lowest BCUT2D eigenvalue weighted by molar-refractivity contribution is 0.0962. The second-order valence-electron chi connectivity index (χ2n) is 5.16. The van der Waals surface area contributed by atoms with Crippen molar-refractivity contribution in [2.45, 2.75) is 6.42 Å². The van der Waals surface area contributed by atoms with Crippen molar-refractivity contribution in [2.75, 3.05) is 32.7 Å². The molecule has 0 saturated carbocycles. The molecule has 3 rings (SSSR count). The summed E-state index contributed by atoms with van der Waals surface area (Å²) in [6.45, 7) is 4.69. The van der Waals surface area contributed by atoms with Crippen LogP contribution >= 0.6 is 0 Å². The summed E-state index contributed by atoms with van der Waals surface area (Å²) in [5.41, 5.74) is 1.39. The van der Waals surface area contributed by atoms with E-state index in [2.05, 4.69) is 15.2 Å². The molecule has 1 fully saturated rings. The van der Waals surface area contributed by atoms with Gasteiger partial charge in [0.25, 0.3) is 0 Å². The van der Waals surface area contributed by atoms with Gasteiger partial charge in [0.1, 0.15) is 5.82 Å². The fourth-order valence-electron chi connectivity index (χ4n) is 2.65. The number of H-pyrrole nitrogens is 1. The summed E-state index contributed by atoms with van der Waals surface area (Å²) in [5.74, 6) is -0.242. The quantitative estimate of drug-likeness (QED) is 0.836. The SMILES string of the molecule is O=C(CCN1CCNCC1)c1c[nH]c2ccc(F)cc12. The Bertz CT molecular complexity index is 617. The molecule has 1 aromatic heterocycles. The number of piperazine rings is 1. The Kier molecular flexibility index (Phi) is 3.80. The van der Waals surface area contributed by atoms with Crippen LogP contribution in [-0.4, -0.2) is 48.4 Å². The average Bonchev–Trinajstić information content (AvgIpc) is 2.89. The lowest BCUT2D eigenvalue weighted by atomic mass is 10.1. The number of nitrogens with one attached hydrogen (secondary N) is 2. The molecule has 0 atom stereocenters. The van der Waals surface area contributed by atoms with Crippen molar-refractivity contribution in [3.8, 4) is 0 Å². The third kappa shape index (κ3) is 2.73. The first-order valence-electron chi connectivity index (χ1n) is 6.97. The van der Waals surface area contributed by atoms with Gasteiger partial charge >= 0.3 is 0 Å². The maximum Gasteiger partial charge on any atom is 0.166 e. The van der Waals surface area contributed by atoms with Gasteiger partial charge in [-0.25, -0.2) is 4.39 Å². The molecule has 0 radical (unpaired) electrons. The van der Waals surface area contributed by atoms with Crippen molar-refractivity contribution in [3.63, 3.8) is 0 Å². The summed E-state index contributed by atoms with van der Waals surface area (Å²) < 4.78 is 13.3. The number of nitrogens with zero attached hydrogens (tertiary/aromatic N) is 1. The van der Waals surface area contributed by atoms with Crippen LogP contribution < -0.4 is 5.32 Å². The summed E-state index contributed by atoms with van der Waals surface area (Å²) in [6, 6.07) is 4.48. The van der Waals surface area contributed by atoms with Gasteiger partial charge in [0.2, 0.25) is 0 Å². The number of halogens is 1. The van der Waals surface area contributed by atoms with Gasteiger partial charge in [0, 0.05) is 61.8 Å². The number of ketones is 1. The fourth-order valence-corrected chi connectivity index (χ4v) is 2.65. The van der Waals surface area contributed by atoms with Crippen LogP contribution in [0.5, 0.6) is 0 Å². The molecule has 1 saturated heterocycles. The van der Waals surface area contributed by atoms with Crippen molar-refractivity contribution in [2.24, 2.45) is 0 Å². The lowest BCUT2D eigenvalue weighted by Gasteiger charge is -2.26. The first-order valence-corrected chi connectivity index (χ1v) is 6.97. The first kappa shape index (κ1) is 13.3. The fraction of sp³-hybridized carbons (Fsp3) is 0.400. The molecule has 0 unspecified atom stereocenters. The number of benzene rings is 1. The normalized spacial score (nSPS) is 16.6. The Morgan fingerprint density at radius 1 is 1.30 bits per heavy atom. The number of carbonyl (C=O) groups excluding carboxylic acids is 1. The zero-order valence-corrected chi connectivity index (χ0v) is 11.3. The van der Waals surface area contributed by atoms with E-state index in [0.29, 0.717) is 17.4 Å². The number of Topliss-reactive ketones (excluding diaryl/α,β-unsaturated/α-hetero) is 1. The van der Waals surface area contributed by atoms with Crippen LogP contribution in [0, 0.1) is 5.82 Å². The molecule has 0 spiro atoms. The summed E-state index contributed by atoms with van der Waals surface area (Å²) in [7, 11) is 0. The number of fused-ring (bicyclic) bond motifs is 1. The second kappa shape index (κ2) is 5.73. The van der Waals surface area contributed by atoms with Gasteiger partial charge in [0.05, 0.1) is 0 Å². The van der Waals surface area contributed by atoms with Gasteiger partial charge in [-0.2, -0.15) is 0 Å². The summed E-state index contributed by atoms with van der Waals surface area (Å²) in [5, 5.41) is 3.96. The number of aromatic nitrogens is 1. The number of hydrogen-bond acceptors (Lipinski definition) is 3. The van der Waals surface area contributed by atoms with E-state index in [-0.39, 0.29) is 11.6 Å². The Morgan fingerprint density at radius 2 is 2.10 bits per heavy atom. The highest BCUT2D eigenvalue weighted by molar-refractivity contribution is 6.07. The monoisotopic (exact) mass is 275 g/mol. The van der Waals surface area contributed by atoms with Crippen molar-refractivity contribution < 1.29 is 9.18 Å². The van der Waals surface area contributed by atoms with E-state index in [9.17, 15) is 9.18 Å². The van der Waals surface area contributed by atoms with Crippen LogP contribution in [0.2, 0.25) is 0 Å². The molecule has 106 valence electrons. The average molecular weight is 275 g/mol. The van der Waals surface area contributed by atoms with Crippen LogP contribution in [0.1, 0.15) is 16.8 Å². The summed E-state index contributed by atoms with van der Waals surface area (Å²) >= 11 is 0. The molecule has 1 aliphatic heterocycles. The van der Waals surface area contributed by atoms with Crippen molar-refractivity contribution >= 4 is 16.7 Å². The van der Waals surface area contributed by atoms with Gasteiger partial charge in [-0.1, -0.05) is 0 Å². The second-order valence-corrected chi connectivity index (χ2v) is 5.16. The molecule has 1 aromatic carbocycles. The van der Waals surface area contributed by atoms with Crippen molar-refractivity contribution in [1.82, 2.24) is 15.2 Å². The predicted molar refractivity (Wildman–Crippen MR) is 76.5 cm³/mol. The molecule has 20 heavy (non-hydrogen) atoms. The maximum atomic E-state index is 13.3. The van der Waals surface area contributed by atoms with Gasteiger partial charge in [0.15, 0.2) is 5.78 Å². The Labute approximate surface area is 117 Å². The molecule has 5 heteroatoms. The first-order chi connectivity index (χ1) is 9.74. The van der Waals surface area contributed by atoms with Gasteiger partial charge in [-0.15, -0.1) is 0 Å². The number of hydrogen-bond donors (Lipinski definition) is 2. The van der Waals surface area contributed by atoms with Crippen LogP contribution in [0.4, 0.5) is 4.39 Å². The van der Waals surface area contributed by atoms with Gasteiger partial charge in [-0.05, 0) is 18.2 Å². The number of aromatic amines is 1. The van der Waals surface area contributed by atoms with E-state index in [4.69, 9.17) is 0 Å². The maximum absolute atomic E-state index is 13.3. The highest BCUT2D eigenvalue weighted by Crippen LogP contribution is 2.20. The topological polar surface area (TPSA) is 48.1 Å². The highest BCUT2D eigenvalue weighted by Gasteiger charge is 2.15. The lowest BCUT2D eigenvalue weighted by Crippen LogP contribution is -2.44. The molecular weight excluding hydrogens is 257 g/mol. The number of carbonyl (C=O) groups is 1. The van der Waals surface area contributed by atoms with E-state index in [0.717, 1.165) is 38.2 Å². The molecule has 2 aromatic rings. The molecule has 0 aliphatic carbocycles. The Hall–Kier alpha value is -1.72. The van der Waals surface area contributed by atoms with E-state index in [1.54, 1.807) is 12.3 Å². The van der Waals surface area contributed by atoms with Gasteiger partial charge < -0.3 is 15.2 Å². The van der Waals surface area contributed by atoms with E-state index >= 15 is 0 Å². The largest absolute Gasteiger partial charge is 0.360 e. The van der Waals surface area contributed by atoms with E-state index in [1.165, 1.54) is 12.1 Å². The zero-order valence-electron chi connectivity index (χ0n) is 11.3. The van der Waals surface area contributed by atoms with E-state index in [1.807, 2.05) is 0 Å². The van der Waals surface area contributed by atoms with Crippen molar-refractivity contribution in [1.29, 1.82) is 0 Å². The molecule has 4 nitrogen and oxygen atoms in total. The van der Waals surface area contributed by atoms with Crippen molar-refractivity contribution in [3.05, 3.63) is 35.8 Å². The van der Waals surface area contributed by atoms with Crippen LogP contribution in [-0.2, 0) is 0 Å². The minimum absolute atomic E-state index is 0.0698. The Morgan fingerprint density at radius 3 is 2.90 bits per heavy atom. The van der Waals surface area contributed by atoms with Gasteiger partial charge in [-0.3, -0.25) is 4.79 Å². The Balaban J connectivity index is 1.70. The van der Waals surface area contributed by atoms with Crippen LogP contribution in [0.15, 0.2) is 24.4 Å². The zero-order chi connectivity index (χ0) is 13.9. The predicted octanol–water partition coefficient (Wildman–Crippen LogP) is 1.78. The number of rotatable bonds is 4. The molecule has 2 heterocycles. The third-order valence-corrected chi connectivity index (χ3v) is 3.81. The summed E-state index contributed by atoms with van der Waals surface area (Å²) in [6.07, 6.45) is 2.16. The highest BCUT2D eigenvalue weighted by atomic mass is 19.1. The third-order valence-electron chi connectivity index (χ3n) is 3.81. The minimum Gasteiger partial charge on any atom is -0.360 e. The van der Waals surface area contributed by atoms with Crippen LogP contribution in [0.3, 0.4) is 0 Å². The van der Waals surface area contributed by atoms with E-state index < -0.39 is 0 Å². The molecule has 1 aliphatic rings.